The number of thiazole rings is 1. The summed E-state index contributed by atoms with van der Waals surface area (Å²) in [6, 6.07) is 0.176. The summed E-state index contributed by atoms with van der Waals surface area (Å²) in [6.07, 6.45) is 7.30. The van der Waals surface area contributed by atoms with E-state index in [0.29, 0.717) is 6.42 Å². The number of amides is 1. The van der Waals surface area contributed by atoms with Crippen molar-refractivity contribution in [2.45, 2.75) is 38.6 Å². The maximum Gasteiger partial charge on any atom is 0.229 e. The van der Waals surface area contributed by atoms with Crippen molar-refractivity contribution in [1.29, 1.82) is 0 Å². The maximum absolute atomic E-state index is 12.6. The summed E-state index contributed by atoms with van der Waals surface area (Å²) < 4.78 is 1.80. The molecule has 1 amide bonds. The van der Waals surface area contributed by atoms with Gasteiger partial charge >= 0.3 is 0 Å². The Bertz CT molecular complexity index is 633. The van der Waals surface area contributed by atoms with Gasteiger partial charge in [0.05, 0.1) is 29.4 Å². The smallest absolute Gasteiger partial charge is 0.229 e. The minimum atomic E-state index is 0.175. The normalized spacial score (nSPS) is 18.4. The van der Waals surface area contributed by atoms with Gasteiger partial charge in [-0.2, -0.15) is 5.10 Å². The van der Waals surface area contributed by atoms with E-state index in [-0.39, 0.29) is 11.9 Å². The molecular weight excluding hydrogens is 284 g/mol. The summed E-state index contributed by atoms with van der Waals surface area (Å²) in [7, 11) is 1.91. The van der Waals surface area contributed by atoms with Crippen LogP contribution in [0.1, 0.15) is 42.1 Å². The molecule has 1 atom stereocenters. The van der Waals surface area contributed by atoms with Crippen LogP contribution >= 0.6 is 11.3 Å². The van der Waals surface area contributed by atoms with Crippen LogP contribution in [0, 0.1) is 0 Å². The fraction of sp³-hybridized carbons (Fsp3) is 0.533. The van der Waals surface area contributed by atoms with Gasteiger partial charge in [0.25, 0.3) is 0 Å². The Morgan fingerprint density at radius 2 is 2.38 bits per heavy atom. The monoisotopic (exact) mass is 304 g/mol. The zero-order chi connectivity index (χ0) is 14.8. The molecule has 2 aromatic rings. The molecule has 21 heavy (non-hydrogen) atoms. The molecule has 3 heterocycles. The number of aryl methyl sites for hydroxylation is 2. The van der Waals surface area contributed by atoms with Crippen LogP contribution in [-0.4, -0.2) is 32.1 Å². The van der Waals surface area contributed by atoms with Gasteiger partial charge < -0.3 is 4.90 Å². The highest BCUT2D eigenvalue weighted by Gasteiger charge is 2.30. The molecule has 1 aliphatic heterocycles. The second-order valence-corrected chi connectivity index (χ2v) is 6.40. The van der Waals surface area contributed by atoms with Crippen LogP contribution in [0.15, 0.2) is 17.8 Å². The number of aromatic nitrogens is 3. The largest absolute Gasteiger partial charge is 0.335 e. The van der Waals surface area contributed by atoms with Gasteiger partial charge in [-0.25, -0.2) is 4.98 Å². The second kappa shape index (κ2) is 5.97. The van der Waals surface area contributed by atoms with Crippen LogP contribution in [0.4, 0.5) is 0 Å². The number of likely N-dealkylation sites (tertiary alicyclic amines) is 1. The molecule has 3 rings (SSSR count). The van der Waals surface area contributed by atoms with Crippen LogP contribution in [0.25, 0.3) is 0 Å². The van der Waals surface area contributed by atoms with Crippen molar-refractivity contribution in [1.82, 2.24) is 19.7 Å². The van der Waals surface area contributed by atoms with E-state index in [0.717, 1.165) is 42.1 Å². The van der Waals surface area contributed by atoms with Gasteiger partial charge in [-0.15, -0.1) is 11.3 Å². The lowest BCUT2D eigenvalue weighted by Crippen LogP contribution is -2.31. The van der Waals surface area contributed by atoms with Gasteiger partial charge in [0.2, 0.25) is 5.91 Å². The third-order valence-electron chi connectivity index (χ3n) is 3.92. The number of carbonyl (C=O) groups is 1. The first-order chi connectivity index (χ1) is 10.2. The minimum absolute atomic E-state index is 0.175. The van der Waals surface area contributed by atoms with Crippen LogP contribution in [0.5, 0.6) is 0 Å². The molecule has 0 spiro atoms. The van der Waals surface area contributed by atoms with E-state index in [9.17, 15) is 4.79 Å². The van der Waals surface area contributed by atoms with Gasteiger partial charge in [0.1, 0.15) is 0 Å². The molecule has 1 fully saturated rings. The van der Waals surface area contributed by atoms with Gasteiger partial charge in [0, 0.05) is 30.7 Å². The summed E-state index contributed by atoms with van der Waals surface area (Å²) in [4.78, 5) is 19.1. The summed E-state index contributed by atoms with van der Waals surface area (Å²) >= 11 is 1.64. The fourth-order valence-electron chi connectivity index (χ4n) is 2.87. The third-order valence-corrected chi connectivity index (χ3v) is 4.96. The number of carbonyl (C=O) groups excluding carboxylic acids is 1. The number of hydrogen-bond donors (Lipinski definition) is 0. The van der Waals surface area contributed by atoms with Crippen LogP contribution < -0.4 is 0 Å². The SMILES string of the molecule is CCc1nc(CC(=O)N2CCC[C@@H]2c2cnn(C)c2)cs1. The predicted molar refractivity (Wildman–Crippen MR) is 82.1 cm³/mol. The van der Waals surface area contributed by atoms with Crippen molar-refractivity contribution in [2.24, 2.45) is 7.05 Å². The molecule has 5 nitrogen and oxygen atoms in total. The number of hydrogen-bond acceptors (Lipinski definition) is 4. The summed E-state index contributed by atoms with van der Waals surface area (Å²) in [5.41, 5.74) is 2.04. The fourth-order valence-corrected chi connectivity index (χ4v) is 3.62. The molecule has 1 saturated heterocycles. The minimum Gasteiger partial charge on any atom is -0.335 e. The molecule has 1 aliphatic rings. The van der Waals surface area contributed by atoms with Crippen molar-refractivity contribution in [3.63, 3.8) is 0 Å². The molecule has 2 aromatic heterocycles. The molecule has 112 valence electrons. The lowest BCUT2D eigenvalue weighted by Gasteiger charge is -2.23. The molecule has 0 unspecified atom stereocenters. The molecule has 0 N–H and O–H groups in total. The van der Waals surface area contributed by atoms with Crippen LogP contribution in [0.3, 0.4) is 0 Å². The first-order valence-electron chi connectivity index (χ1n) is 7.38. The lowest BCUT2D eigenvalue weighted by molar-refractivity contribution is -0.131. The Morgan fingerprint density at radius 1 is 1.52 bits per heavy atom. The van der Waals surface area contributed by atoms with E-state index in [4.69, 9.17) is 0 Å². The van der Waals surface area contributed by atoms with E-state index in [1.807, 2.05) is 29.7 Å². The van der Waals surface area contributed by atoms with Gasteiger partial charge in [-0.3, -0.25) is 9.48 Å². The zero-order valence-corrected chi connectivity index (χ0v) is 13.3. The highest BCUT2D eigenvalue weighted by atomic mass is 32.1. The predicted octanol–water partition coefficient (Wildman–Crippen LogP) is 2.35. The first-order valence-corrected chi connectivity index (χ1v) is 8.26. The average molecular weight is 304 g/mol. The zero-order valence-electron chi connectivity index (χ0n) is 12.5. The Kier molecular flexibility index (Phi) is 4.05. The van der Waals surface area contributed by atoms with Crippen molar-refractivity contribution < 1.29 is 4.79 Å². The van der Waals surface area contributed by atoms with Crippen molar-refractivity contribution >= 4 is 17.2 Å². The number of rotatable bonds is 4. The van der Waals surface area contributed by atoms with Gasteiger partial charge in [-0.1, -0.05) is 6.92 Å². The van der Waals surface area contributed by atoms with Gasteiger partial charge in [-0.05, 0) is 19.3 Å². The summed E-state index contributed by atoms with van der Waals surface area (Å²) in [5, 5.41) is 7.33. The highest BCUT2D eigenvalue weighted by molar-refractivity contribution is 7.09. The van der Waals surface area contributed by atoms with Gasteiger partial charge in [0.15, 0.2) is 0 Å². The van der Waals surface area contributed by atoms with E-state index < -0.39 is 0 Å². The third kappa shape index (κ3) is 3.00. The van der Waals surface area contributed by atoms with Crippen LogP contribution in [0.2, 0.25) is 0 Å². The average Bonchev–Trinajstić information content (AvgIpc) is 3.17. The molecule has 0 saturated carbocycles. The Balaban J connectivity index is 1.71. The molecule has 0 bridgehead atoms. The standard InChI is InChI=1S/C15H20N4OS/c1-3-14-17-12(10-21-14)7-15(20)19-6-4-5-13(19)11-8-16-18(2)9-11/h8-10,13H,3-7H2,1-2H3/t13-/m1/s1. The molecule has 0 radical (unpaired) electrons. The second-order valence-electron chi connectivity index (χ2n) is 5.46. The van der Waals surface area contributed by atoms with E-state index >= 15 is 0 Å². The topological polar surface area (TPSA) is 51.0 Å². The quantitative estimate of drug-likeness (QED) is 0.871. The van der Waals surface area contributed by atoms with Crippen molar-refractivity contribution in [3.05, 3.63) is 34.0 Å². The molecule has 6 heteroatoms. The lowest BCUT2D eigenvalue weighted by atomic mass is 10.1. The van der Waals surface area contributed by atoms with E-state index in [1.165, 1.54) is 0 Å². The molecular formula is C15H20N4OS. The molecule has 0 aliphatic carbocycles. The maximum atomic E-state index is 12.6. The van der Waals surface area contributed by atoms with Crippen molar-refractivity contribution in [2.75, 3.05) is 6.54 Å². The first kappa shape index (κ1) is 14.3. The van der Waals surface area contributed by atoms with Crippen molar-refractivity contribution in [3.8, 4) is 0 Å². The van der Waals surface area contributed by atoms with E-state index in [2.05, 4.69) is 17.0 Å². The highest BCUT2D eigenvalue weighted by Crippen LogP contribution is 2.32. The summed E-state index contributed by atoms with van der Waals surface area (Å²) in [6.45, 7) is 2.92. The molecule has 0 aromatic carbocycles. The Morgan fingerprint density at radius 3 is 3.05 bits per heavy atom. The Labute approximate surface area is 128 Å². The Hall–Kier alpha value is -1.69. The van der Waals surface area contributed by atoms with Crippen LogP contribution in [-0.2, 0) is 24.7 Å². The summed E-state index contributed by atoms with van der Waals surface area (Å²) in [5.74, 6) is 0.175. The van der Waals surface area contributed by atoms with E-state index in [1.54, 1.807) is 16.0 Å². The number of nitrogens with zero attached hydrogens (tertiary/aromatic N) is 4.